The predicted molar refractivity (Wildman–Crippen MR) is 142 cm³/mol. The van der Waals surface area contributed by atoms with E-state index in [2.05, 4.69) is 19.9 Å². The van der Waals surface area contributed by atoms with Crippen LogP contribution in [0.1, 0.15) is 82.9 Å². The van der Waals surface area contributed by atoms with Crippen LogP contribution in [0.5, 0.6) is 0 Å². The highest BCUT2D eigenvalue weighted by Gasteiger charge is 2.36. The average Bonchev–Trinajstić information content (AvgIpc) is 3.08. The number of allylic oxidation sites excluding steroid dienone is 2. The second-order valence-corrected chi connectivity index (χ2v) is 13.6. The number of rotatable bonds is 7. The zero-order chi connectivity index (χ0) is 26.2. The van der Waals surface area contributed by atoms with Crippen molar-refractivity contribution in [1.82, 2.24) is 0 Å². The monoisotopic (exact) mass is 519 g/mol. The molecule has 1 aromatic carbocycles. The fraction of sp³-hybridized carbons (Fsp3) is 0.519. The molecule has 0 radical (unpaired) electrons. The minimum atomic E-state index is -3.79. The summed E-state index contributed by atoms with van der Waals surface area (Å²) >= 11 is 1.58. The van der Waals surface area contributed by atoms with Gasteiger partial charge in [0.1, 0.15) is 0 Å². The lowest BCUT2D eigenvalue weighted by Crippen LogP contribution is -2.29. The van der Waals surface area contributed by atoms with E-state index in [0.29, 0.717) is 0 Å². The van der Waals surface area contributed by atoms with Crippen LogP contribution in [0.3, 0.4) is 0 Å². The summed E-state index contributed by atoms with van der Waals surface area (Å²) in [6, 6.07) is 6.59. The Morgan fingerprint density at radius 1 is 1.20 bits per heavy atom. The lowest BCUT2D eigenvalue weighted by Gasteiger charge is -2.31. The number of hydrogen-bond acceptors (Lipinski definition) is 6. The molecule has 0 spiro atoms. The molecule has 2 aromatic rings. The Kier molecular flexibility index (Phi) is 8.01. The van der Waals surface area contributed by atoms with E-state index < -0.39 is 27.7 Å². The van der Waals surface area contributed by atoms with Crippen molar-refractivity contribution in [2.75, 3.05) is 6.61 Å². The summed E-state index contributed by atoms with van der Waals surface area (Å²) in [5.74, 6) is -0.405. The molecule has 0 bridgehead atoms. The SMILES string of the molecule is CCOC(=O)C(OC(C)(C)C)c1c(C)sc(-c2ccc(S(N)(=O)=O)cc2)c1C1=CCC(C)(C)CC1. The van der Waals surface area contributed by atoms with E-state index in [4.69, 9.17) is 14.6 Å². The molecular weight excluding hydrogens is 482 g/mol. The van der Waals surface area contributed by atoms with Crippen molar-refractivity contribution in [3.8, 4) is 10.4 Å². The Labute approximate surface area is 213 Å². The number of thiophene rings is 1. The van der Waals surface area contributed by atoms with Crippen molar-refractivity contribution in [1.29, 1.82) is 0 Å². The molecule has 3 rings (SSSR count). The van der Waals surface area contributed by atoms with Gasteiger partial charge in [0.25, 0.3) is 0 Å². The number of aryl methyl sites for hydroxylation is 1. The van der Waals surface area contributed by atoms with Gasteiger partial charge in [0.15, 0.2) is 6.10 Å². The van der Waals surface area contributed by atoms with Crippen molar-refractivity contribution < 1.29 is 22.7 Å². The Hall–Kier alpha value is -2.00. The van der Waals surface area contributed by atoms with Crippen LogP contribution >= 0.6 is 11.3 Å². The molecule has 8 heteroatoms. The van der Waals surface area contributed by atoms with Gasteiger partial charge in [0.05, 0.1) is 17.1 Å². The number of carbonyl (C=O) groups is 1. The van der Waals surface area contributed by atoms with Gasteiger partial charge in [-0.25, -0.2) is 18.4 Å². The topological polar surface area (TPSA) is 95.7 Å². The average molecular weight is 520 g/mol. The van der Waals surface area contributed by atoms with Crippen LogP contribution in [-0.4, -0.2) is 26.6 Å². The van der Waals surface area contributed by atoms with E-state index in [1.54, 1.807) is 30.4 Å². The normalized spacial score (nSPS) is 17.1. The molecule has 6 nitrogen and oxygen atoms in total. The van der Waals surface area contributed by atoms with Crippen LogP contribution in [-0.2, 0) is 24.3 Å². The molecule has 1 aliphatic rings. The number of benzene rings is 1. The van der Waals surface area contributed by atoms with Crippen molar-refractivity contribution in [3.63, 3.8) is 0 Å². The largest absolute Gasteiger partial charge is 0.464 e. The number of hydrogen-bond donors (Lipinski definition) is 1. The number of carbonyl (C=O) groups excluding carboxylic acids is 1. The highest BCUT2D eigenvalue weighted by molar-refractivity contribution is 7.89. The fourth-order valence-corrected chi connectivity index (χ4v) is 6.03. The fourth-order valence-electron chi connectivity index (χ4n) is 4.29. The minimum Gasteiger partial charge on any atom is -0.464 e. The van der Waals surface area contributed by atoms with E-state index in [1.165, 1.54) is 17.7 Å². The second-order valence-electron chi connectivity index (χ2n) is 10.8. The summed E-state index contributed by atoms with van der Waals surface area (Å²) in [5, 5.41) is 5.30. The standard InChI is InChI=1S/C27H37NO5S2/c1-8-32-25(29)23(33-26(3,4)5)21-17(2)34-24(19-9-11-20(12-10-19)35(28,30)31)22(21)18-13-15-27(6,7)16-14-18/h9-13,23H,8,14-16H2,1-7H3,(H2,28,30,31). The molecule has 1 atom stereocenters. The Morgan fingerprint density at radius 3 is 2.31 bits per heavy atom. The highest BCUT2D eigenvalue weighted by Crippen LogP contribution is 2.49. The van der Waals surface area contributed by atoms with Crippen LogP contribution in [0, 0.1) is 12.3 Å². The summed E-state index contributed by atoms with van der Waals surface area (Å²) in [6.07, 6.45) is 4.25. The first kappa shape index (κ1) is 27.6. The second kappa shape index (κ2) is 10.2. The molecule has 192 valence electrons. The number of primary sulfonamides is 1. The van der Waals surface area contributed by atoms with Gasteiger partial charge in [-0.2, -0.15) is 0 Å². The third-order valence-electron chi connectivity index (χ3n) is 6.10. The molecule has 1 heterocycles. The van der Waals surface area contributed by atoms with Crippen LogP contribution < -0.4 is 5.14 Å². The van der Waals surface area contributed by atoms with Gasteiger partial charge in [0.2, 0.25) is 10.0 Å². The maximum atomic E-state index is 13.2. The van der Waals surface area contributed by atoms with Gasteiger partial charge in [-0.05, 0) is 82.6 Å². The van der Waals surface area contributed by atoms with E-state index in [1.807, 2.05) is 27.7 Å². The summed E-state index contributed by atoms with van der Waals surface area (Å²) < 4.78 is 35.3. The van der Waals surface area contributed by atoms with Gasteiger partial charge in [-0.1, -0.05) is 32.1 Å². The molecule has 1 aliphatic carbocycles. The molecule has 1 unspecified atom stereocenters. The molecule has 1 aromatic heterocycles. The van der Waals surface area contributed by atoms with Crippen LogP contribution in [0.25, 0.3) is 16.0 Å². The summed E-state index contributed by atoms with van der Waals surface area (Å²) in [6.45, 7) is 14.4. The van der Waals surface area contributed by atoms with Gasteiger partial charge in [0, 0.05) is 20.9 Å². The smallest absolute Gasteiger partial charge is 0.340 e. The van der Waals surface area contributed by atoms with Crippen LogP contribution in [0.15, 0.2) is 35.2 Å². The first-order valence-electron chi connectivity index (χ1n) is 11.9. The molecular formula is C27H37NO5S2. The third kappa shape index (κ3) is 6.61. The van der Waals surface area contributed by atoms with Gasteiger partial charge >= 0.3 is 5.97 Å². The maximum Gasteiger partial charge on any atom is 0.340 e. The van der Waals surface area contributed by atoms with Crippen LogP contribution in [0.4, 0.5) is 0 Å². The summed E-state index contributed by atoms with van der Waals surface area (Å²) in [7, 11) is -3.79. The van der Waals surface area contributed by atoms with Crippen molar-refractivity contribution in [2.24, 2.45) is 10.6 Å². The molecule has 0 saturated carbocycles. The lowest BCUT2D eigenvalue weighted by atomic mass is 9.76. The number of esters is 1. The Morgan fingerprint density at radius 2 is 1.83 bits per heavy atom. The van der Waals surface area contributed by atoms with E-state index >= 15 is 0 Å². The molecule has 0 fully saturated rings. The van der Waals surface area contributed by atoms with E-state index in [-0.39, 0.29) is 16.9 Å². The lowest BCUT2D eigenvalue weighted by molar-refractivity contribution is -0.166. The van der Waals surface area contributed by atoms with Crippen LogP contribution in [0.2, 0.25) is 0 Å². The van der Waals surface area contributed by atoms with Crippen molar-refractivity contribution in [3.05, 3.63) is 46.3 Å². The van der Waals surface area contributed by atoms with Gasteiger partial charge in [-0.3, -0.25) is 0 Å². The van der Waals surface area contributed by atoms with Gasteiger partial charge < -0.3 is 9.47 Å². The van der Waals surface area contributed by atoms with Gasteiger partial charge in [-0.15, -0.1) is 11.3 Å². The number of ether oxygens (including phenoxy) is 2. The highest BCUT2D eigenvalue weighted by atomic mass is 32.2. The van der Waals surface area contributed by atoms with E-state index in [0.717, 1.165) is 45.7 Å². The Balaban J connectivity index is 2.25. The zero-order valence-corrected chi connectivity index (χ0v) is 23.4. The first-order valence-corrected chi connectivity index (χ1v) is 14.3. The minimum absolute atomic E-state index is 0.0652. The predicted octanol–water partition coefficient (Wildman–Crippen LogP) is 6.38. The summed E-state index contributed by atoms with van der Waals surface area (Å²) in [5.41, 5.74) is 3.53. The molecule has 0 amide bonds. The number of nitrogens with two attached hydrogens (primary N) is 1. The van der Waals surface area contributed by atoms with E-state index in [9.17, 15) is 13.2 Å². The molecule has 0 saturated heterocycles. The van der Waals surface area contributed by atoms with Crippen molar-refractivity contribution >= 4 is 32.9 Å². The number of sulfonamides is 1. The zero-order valence-electron chi connectivity index (χ0n) is 21.7. The first-order chi connectivity index (χ1) is 16.1. The molecule has 0 aliphatic heterocycles. The molecule has 2 N–H and O–H groups in total. The Bertz CT molecular complexity index is 1220. The quantitative estimate of drug-likeness (QED) is 0.428. The van der Waals surface area contributed by atoms with Crippen molar-refractivity contribution in [2.45, 2.75) is 84.3 Å². The summed E-state index contributed by atoms with van der Waals surface area (Å²) in [4.78, 5) is 15.2. The third-order valence-corrected chi connectivity index (χ3v) is 8.20. The molecule has 35 heavy (non-hydrogen) atoms. The maximum absolute atomic E-state index is 13.2.